The van der Waals surface area contributed by atoms with Crippen LogP contribution in [0.4, 0.5) is 11.8 Å². The van der Waals surface area contributed by atoms with E-state index in [-0.39, 0.29) is 18.5 Å². The summed E-state index contributed by atoms with van der Waals surface area (Å²) in [6.45, 7) is 4.57. The molecule has 124 valence electrons. The fourth-order valence-electron chi connectivity index (χ4n) is 3.09. The van der Waals surface area contributed by atoms with Crippen LogP contribution in [-0.4, -0.2) is 73.5 Å². The molecule has 2 heterocycles. The number of nitrogen functional groups attached to an aromatic ring is 1. The molecule has 7 nitrogen and oxygen atoms in total. The molecular weight excluding hydrogens is 282 g/mol. The Labute approximate surface area is 132 Å². The number of methoxy groups -OCH3 is 1. The van der Waals surface area contributed by atoms with Gasteiger partial charge in [-0.3, -0.25) is 0 Å². The molecule has 2 atom stereocenters. The highest BCUT2D eigenvalue weighted by Crippen LogP contribution is 2.26. The highest BCUT2D eigenvalue weighted by atomic mass is 16.5. The number of likely N-dealkylation sites (N-methyl/N-ethyl adjacent to an activating group) is 1. The average Bonchev–Trinajstić information content (AvgIpc) is 2.52. The normalized spacial score (nSPS) is 22.3. The molecule has 0 amide bonds. The molecule has 3 N–H and O–H groups in total. The summed E-state index contributed by atoms with van der Waals surface area (Å²) in [6.07, 6.45) is 2.71. The maximum absolute atomic E-state index is 9.59. The van der Waals surface area contributed by atoms with Crippen molar-refractivity contribution in [2.45, 2.75) is 6.42 Å². The number of hydrogen-bond acceptors (Lipinski definition) is 7. The van der Waals surface area contributed by atoms with Crippen LogP contribution in [0.25, 0.3) is 0 Å². The van der Waals surface area contributed by atoms with Crippen LogP contribution in [0, 0.1) is 11.8 Å². The van der Waals surface area contributed by atoms with Gasteiger partial charge < -0.3 is 25.4 Å². The molecule has 1 aromatic rings. The SMILES string of the molecule is COCCN(C)C[C@H]1C[C@H](CO)CN(c2ccnc(N)n2)C1. The summed E-state index contributed by atoms with van der Waals surface area (Å²) in [4.78, 5) is 12.7. The van der Waals surface area contributed by atoms with Crippen molar-refractivity contribution >= 4 is 11.8 Å². The predicted octanol–water partition coefficient (Wildman–Crippen LogP) is 0.0718. The third-order valence-corrected chi connectivity index (χ3v) is 4.11. The molecule has 1 aromatic heterocycles. The molecule has 0 radical (unpaired) electrons. The van der Waals surface area contributed by atoms with Gasteiger partial charge in [-0.25, -0.2) is 4.98 Å². The summed E-state index contributed by atoms with van der Waals surface area (Å²) in [5, 5.41) is 9.59. The van der Waals surface area contributed by atoms with Crippen LogP contribution in [0.1, 0.15) is 6.42 Å². The Morgan fingerprint density at radius 2 is 2.23 bits per heavy atom. The Kier molecular flexibility index (Phi) is 6.35. The molecule has 2 rings (SSSR count). The van der Waals surface area contributed by atoms with E-state index >= 15 is 0 Å². The molecule has 7 heteroatoms. The summed E-state index contributed by atoms with van der Waals surface area (Å²) in [5.74, 6) is 1.89. The smallest absolute Gasteiger partial charge is 0.221 e. The summed E-state index contributed by atoms with van der Waals surface area (Å²) in [6, 6.07) is 1.88. The van der Waals surface area contributed by atoms with Crippen LogP contribution < -0.4 is 10.6 Å². The first-order valence-corrected chi connectivity index (χ1v) is 7.74. The van der Waals surface area contributed by atoms with Crippen molar-refractivity contribution in [2.24, 2.45) is 11.8 Å². The molecule has 1 fully saturated rings. The Morgan fingerprint density at radius 1 is 1.45 bits per heavy atom. The van der Waals surface area contributed by atoms with Gasteiger partial charge in [0.2, 0.25) is 5.95 Å². The molecule has 0 bridgehead atoms. The van der Waals surface area contributed by atoms with E-state index in [9.17, 15) is 5.11 Å². The number of anilines is 2. The van der Waals surface area contributed by atoms with Crippen molar-refractivity contribution in [3.63, 3.8) is 0 Å². The van der Waals surface area contributed by atoms with Gasteiger partial charge in [0, 0.05) is 46.1 Å². The number of nitrogens with two attached hydrogens (primary N) is 1. The predicted molar refractivity (Wildman–Crippen MR) is 86.7 cm³/mol. The Hall–Kier alpha value is -1.44. The molecule has 22 heavy (non-hydrogen) atoms. The van der Waals surface area contributed by atoms with Crippen LogP contribution in [0.3, 0.4) is 0 Å². The molecular formula is C15H27N5O2. The minimum atomic E-state index is 0.204. The van der Waals surface area contributed by atoms with Gasteiger partial charge in [0.15, 0.2) is 0 Å². The van der Waals surface area contributed by atoms with E-state index in [4.69, 9.17) is 10.5 Å². The summed E-state index contributed by atoms with van der Waals surface area (Å²) >= 11 is 0. The summed E-state index contributed by atoms with van der Waals surface area (Å²) < 4.78 is 5.12. The maximum atomic E-state index is 9.59. The molecule has 0 aromatic carbocycles. The summed E-state index contributed by atoms with van der Waals surface area (Å²) in [5.41, 5.74) is 5.68. The quantitative estimate of drug-likeness (QED) is 0.737. The molecule has 0 saturated carbocycles. The Morgan fingerprint density at radius 3 is 2.91 bits per heavy atom. The number of piperidine rings is 1. The van der Waals surface area contributed by atoms with E-state index < -0.39 is 0 Å². The lowest BCUT2D eigenvalue weighted by molar-refractivity contribution is 0.133. The first kappa shape index (κ1) is 16.9. The average molecular weight is 309 g/mol. The van der Waals surface area contributed by atoms with Crippen molar-refractivity contribution in [1.29, 1.82) is 0 Å². The largest absolute Gasteiger partial charge is 0.396 e. The number of ether oxygens (including phenoxy) is 1. The second kappa shape index (κ2) is 8.26. The van der Waals surface area contributed by atoms with Gasteiger partial charge in [-0.15, -0.1) is 0 Å². The second-order valence-corrected chi connectivity index (χ2v) is 6.08. The van der Waals surface area contributed by atoms with E-state index in [2.05, 4.69) is 26.8 Å². The molecule has 1 aliphatic rings. The highest BCUT2D eigenvalue weighted by molar-refractivity contribution is 5.41. The minimum Gasteiger partial charge on any atom is -0.396 e. The van der Waals surface area contributed by atoms with Crippen LogP contribution in [-0.2, 0) is 4.74 Å². The number of nitrogens with zero attached hydrogens (tertiary/aromatic N) is 4. The fraction of sp³-hybridized carbons (Fsp3) is 0.733. The first-order chi connectivity index (χ1) is 10.6. The summed E-state index contributed by atoms with van der Waals surface area (Å²) in [7, 11) is 3.83. The zero-order chi connectivity index (χ0) is 15.9. The van der Waals surface area contributed by atoms with Gasteiger partial charge >= 0.3 is 0 Å². The van der Waals surface area contributed by atoms with E-state index in [1.165, 1.54) is 0 Å². The minimum absolute atomic E-state index is 0.204. The number of hydrogen-bond donors (Lipinski definition) is 2. The number of aromatic nitrogens is 2. The number of aliphatic hydroxyl groups excluding tert-OH is 1. The highest BCUT2D eigenvalue weighted by Gasteiger charge is 2.28. The van der Waals surface area contributed by atoms with Crippen molar-refractivity contribution in [2.75, 3.05) is 64.2 Å². The van der Waals surface area contributed by atoms with Crippen LogP contribution in [0.2, 0.25) is 0 Å². The van der Waals surface area contributed by atoms with Crippen LogP contribution in [0.5, 0.6) is 0 Å². The fourth-order valence-corrected chi connectivity index (χ4v) is 3.09. The lowest BCUT2D eigenvalue weighted by Gasteiger charge is -2.39. The van der Waals surface area contributed by atoms with Crippen LogP contribution in [0.15, 0.2) is 12.3 Å². The molecule has 1 saturated heterocycles. The van der Waals surface area contributed by atoms with E-state index in [1.807, 2.05) is 6.07 Å². The van der Waals surface area contributed by atoms with Gasteiger partial charge in [-0.1, -0.05) is 0 Å². The lowest BCUT2D eigenvalue weighted by atomic mass is 9.89. The van der Waals surface area contributed by atoms with Gasteiger partial charge in [0.25, 0.3) is 0 Å². The maximum Gasteiger partial charge on any atom is 0.221 e. The standard InChI is InChI=1S/C15H27N5O2/c1-19(5-6-22-2)8-12-7-13(11-21)10-20(9-12)14-3-4-17-15(16)18-14/h3-4,12-13,21H,5-11H2,1-2H3,(H2,16,17,18)/t12-,13+/m1/s1. The zero-order valence-corrected chi connectivity index (χ0v) is 13.5. The van der Waals surface area contributed by atoms with Gasteiger partial charge in [-0.05, 0) is 31.4 Å². The third-order valence-electron chi connectivity index (χ3n) is 4.11. The monoisotopic (exact) mass is 309 g/mol. The van der Waals surface area contributed by atoms with Crippen molar-refractivity contribution < 1.29 is 9.84 Å². The first-order valence-electron chi connectivity index (χ1n) is 7.74. The Balaban J connectivity index is 2.00. The molecule has 1 aliphatic heterocycles. The van der Waals surface area contributed by atoms with Crippen molar-refractivity contribution in [3.8, 4) is 0 Å². The molecule has 0 aliphatic carbocycles. The van der Waals surface area contributed by atoms with Crippen molar-refractivity contribution in [3.05, 3.63) is 12.3 Å². The third kappa shape index (κ3) is 4.79. The zero-order valence-electron chi connectivity index (χ0n) is 13.5. The van der Waals surface area contributed by atoms with E-state index in [0.29, 0.717) is 5.92 Å². The Bertz CT molecular complexity index is 459. The topological polar surface area (TPSA) is 87.7 Å². The van der Waals surface area contributed by atoms with E-state index in [0.717, 1.165) is 45.0 Å². The van der Waals surface area contributed by atoms with Crippen LogP contribution >= 0.6 is 0 Å². The van der Waals surface area contributed by atoms with Crippen molar-refractivity contribution in [1.82, 2.24) is 14.9 Å². The lowest BCUT2D eigenvalue weighted by Crippen LogP contribution is -2.45. The van der Waals surface area contributed by atoms with Gasteiger partial charge in [0.1, 0.15) is 5.82 Å². The van der Waals surface area contributed by atoms with Gasteiger partial charge in [0.05, 0.1) is 6.61 Å². The number of rotatable bonds is 7. The molecule has 0 spiro atoms. The number of aliphatic hydroxyl groups is 1. The van der Waals surface area contributed by atoms with E-state index in [1.54, 1.807) is 13.3 Å². The van der Waals surface area contributed by atoms with Gasteiger partial charge in [-0.2, -0.15) is 4.98 Å². The second-order valence-electron chi connectivity index (χ2n) is 6.08. The molecule has 0 unspecified atom stereocenters.